The fourth-order valence-corrected chi connectivity index (χ4v) is 6.65. The number of aliphatic hydroxyl groups is 1. The van der Waals surface area contributed by atoms with E-state index in [1.165, 1.54) is 5.56 Å². The Bertz CT molecular complexity index is 918. The van der Waals surface area contributed by atoms with Crippen LogP contribution in [0, 0.1) is 0 Å². The van der Waals surface area contributed by atoms with Gasteiger partial charge >= 0.3 is 6.03 Å². The van der Waals surface area contributed by atoms with Crippen molar-refractivity contribution >= 4 is 11.9 Å². The smallest absolute Gasteiger partial charge is 0.321 e. The number of β-amino-alcohol motifs (C(OH)–C–C–N with tert-alkyl or cyclic N) is 1. The molecule has 0 aromatic heterocycles. The summed E-state index contributed by atoms with van der Waals surface area (Å²) in [7, 11) is 4.29. The Balaban J connectivity index is 1.37. The van der Waals surface area contributed by atoms with Crippen molar-refractivity contribution in [2.24, 2.45) is 0 Å². The molecule has 0 radical (unpaired) electrons. The highest BCUT2D eigenvalue weighted by Gasteiger charge is 2.56. The number of carbonyl (C=O) groups excluding carboxylic acids is 2. The zero-order valence-corrected chi connectivity index (χ0v) is 21.2. The van der Waals surface area contributed by atoms with Crippen molar-refractivity contribution < 1.29 is 19.4 Å². The van der Waals surface area contributed by atoms with Crippen molar-refractivity contribution in [2.75, 3.05) is 60.0 Å². The third kappa shape index (κ3) is 4.45. The van der Waals surface area contributed by atoms with E-state index in [1.807, 2.05) is 4.90 Å². The molecule has 1 aromatic carbocycles. The van der Waals surface area contributed by atoms with Crippen molar-refractivity contribution in [1.29, 1.82) is 0 Å². The zero-order chi connectivity index (χ0) is 24.7. The highest BCUT2D eigenvalue weighted by Crippen LogP contribution is 2.50. The lowest BCUT2D eigenvalue weighted by molar-refractivity contribution is -0.135. The monoisotopic (exact) mass is 484 g/mol. The van der Waals surface area contributed by atoms with Crippen LogP contribution in [-0.2, 0) is 15.1 Å². The number of nitrogens with zero attached hydrogens (tertiary/aromatic N) is 4. The van der Waals surface area contributed by atoms with Gasteiger partial charge < -0.3 is 24.5 Å². The van der Waals surface area contributed by atoms with Crippen LogP contribution in [0.4, 0.5) is 4.79 Å². The lowest BCUT2D eigenvalue weighted by Crippen LogP contribution is -2.59. The number of hydrogen-bond donors (Lipinski definition) is 1. The van der Waals surface area contributed by atoms with Crippen LogP contribution in [0.1, 0.15) is 50.5 Å². The van der Waals surface area contributed by atoms with Crippen LogP contribution in [0.15, 0.2) is 30.3 Å². The van der Waals surface area contributed by atoms with E-state index >= 15 is 0 Å². The Labute approximate surface area is 208 Å². The first kappa shape index (κ1) is 24.5. The third-order valence-electron chi connectivity index (χ3n) is 9.16. The Morgan fingerprint density at radius 3 is 2.26 bits per heavy atom. The van der Waals surface area contributed by atoms with E-state index in [9.17, 15) is 14.7 Å². The predicted octanol–water partition coefficient (Wildman–Crippen LogP) is 2.27. The van der Waals surface area contributed by atoms with E-state index in [-0.39, 0.29) is 29.6 Å². The molecule has 2 aliphatic carbocycles. The molecule has 2 heterocycles. The highest BCUT2D eigenvalue weighted by atomic mass is 16.5. The zero-order valence-electron chi connectivity index (χ0n) is 21.2. The lowest BCUT2D eigenvalue weighted by Gasteiger charge is -2.52. The van der Waals surface area contributed by atoms with Crippen LogP contribution in [0.2, 0.25) is 0 Å². The molecular formula is C27H40N4O4. The quantitative estimate of drug-likeness (QED) is 0.671. The third-order valence-corrected chi connectivity index (χ3v) is 9.16. The van der Waals surface area contributed by atoms with Gasteiger partial charge in [-0.15, -0.1) is 0 Å². The molecule has 1 spiro atoms. The summed E-state index contributed by atoms with van der Waals surface area (Å²) in [5.74, 6) is -0.0104. The van der Waals surface area contributed by atoms with Gasteiger partial charge in [-0.1, -0.05) is 30.3 Å². The molecule has 35 heavy (non-hydrogen) atoms. The van der Waals surface area contributed by atoms with Crippen molar-refractivity contribution in [2.45, 2.75) is 61.6 Å². The summed E-state index contributed by atoms with van der Waals surface area (Å²) >= 11 is 0. The average molecular weight is 485 g/mol. The SMILES string of the molecule is CN(C)[C@]1(c2ccccc2)CC[C@]2(CC1)CN(CC(=O)N1CCOCC1)C(=O)N2CC1(O)CCC1. The molecule has 8 nitrogen and oxygen atoms in total. The van der Waals surface area contributed by atoms with Crippen molar-refractivity contribution in [3.05, 3.63) is 35.9 Å². The normalized spacial score (nSPS) is 30.7. The second kappa shape index (κ2) is 9.37. The van der Waals surface area contributed by atoms with Gasteiger partial charge in [0.1, 0.15) is 6.54 Å². The number of rotatable bonds is 6. The van der Waals surface area contributed by atoms with E-state index in [4.69, 9.17) is 4.74 Å². The number of hydrogen-bond acceptors (Lipinski definition) is 5. The lowest BCUT2D eigenvalue weighted by atomic mass is 9.67. The average Bonchev–Trinajstić information content (AvgIpc) is 3.09. The Morgan fingerprint density at radius 2 is 1.69 bits per heavy atom. The van der Waals surface area contributed by atoms with Crippen LogP contribution in [0.3, 0.4) is 0 Å². The van der Waals surface area contributed by atoms with Crippen LogP contribution in [0.25, 0.3) is 0 Å². The van der Waals surface area contributed by atoms with Crippen LogP contribution >= 0.6 is 0 Å². The van der Waals surface area contributed by atoms with E-state index in [2.05, 4.69) is 49.3 Å². The molecule has 2 aliphatic heterocycles. The minimum Gasteiger partial charge on any atom is -0.388 e. The Morgan fingerprint density at radius 1 is 1.03 bits per heavy atom. The minimum absolute atomic E-state index is 0.0104. The number of morpholine rings is 1. The molecule has 1 N–H and O–H groups in total. The summed E-state index contributed by atoms with van der Waals surface area (Å²) in [4.78, 5) is 34.5. The largest absolute Gasteiger partial charge is 0.388 e. The predicted molar refractivity (Wildman–Crippen MR) is 133 cm³/mol. The number of urea groups is 1. The van der Waals surface area contributed by atoms with Crippen LogP contribution in [0.5, 0.6) is 0 Å². The van der Waals surface area contributed by atoms with Crippen molar-refractivity contribution in [1.82, 2.24) is 19.6 Å². The van der Waals surface area contributed by atoms with Crippen molar-refractivity contribution in [3.63, 3.8) is 0 Å². The summed E-state index contributed by atoms with van der Waals surface area (Å²) in [6, 6.07) is 10.6. The summed E-state index contributed by atoms with van der Waals surface area (Å²) in [5, 5.41) is 11.0. The standard InChI is InChI=1S/C27H40N4O4/c1-28(2)27(22-7-4-3-5-8-22)13-11-25(12-14-27)20-30(19-23(32)29-15-17-35-18-16-29)24(33)31(25)21-26(34)9-6-10-26/h3-5,7-8,34H,6,9-21H2,1-2H3/t25-,27+. The van der Waals surface area contributed by atoms with Gasteiger partial charge in [0.25, 0.3) is 0 Å². The van der Waals surface area contributed by atoms with E-state index < -0.39 is 5.60 Å². The van der Waals surface area contributed by atoms with Gasteiger partial charge in [-0.3, -0.25) is 9.69 Å². The van der Waals surface area contributed by atoms with Gasteiger partial charge in [0.2, 0.25) is 5.91 Å². The molecule has 2 saturated carbocycles. The molecule has 8 heteroatoms. The molecule has 3 amide bonds. The van der Waals surface area contributed by atoms with Gasteiger partial charge in [-0.2, -0.15) is 0 Å². The first-order valence-corrected chi connectivity index (χ1v) is 13.1. The highest BCUT2D eigenvalue weighted by molar-refractivity contribution is 5.86. The first-order valence-electron chi connectivity index (χ1n) is 13.1. The van der Waals surface area contributed by atoms with Gasteiger partial charge in [0.15, 0.2) is 0 Å². The summed E-state index contributed by atoms with van der Waals surface area (Å²) in [6.07, 6.45) is 6.04. The molecule has 4 aliphatic rings. The molecule has 2 saturated heterocycles. The number of amides is 3. The van der Waals surface area contributed by atoms with Gasteiger partial charge in [0, 0.05) is 25.2 Å². The number of carbonyl (C=O) groups is 2. The van der Waals surface area contributed by atoms with Crippen LogP contribution in [-0.4, -0.2) is 108 Å². The van der Waals surface area contributed by atoms with E-state index in [0.29, 0.717) is 39.4 Å². The van der Waals surface area contributed by atoms with Gasteiger partial charge in [0.05, 0.1) is 30.9 Å². The molecule has 5 rings (SSSR count). The second-order valence-corrected chi connectivity index (χ2v) is 11.3. The molecular weight excluding hydrogens is 444 g/mol. The van der Waals surface area contributed by atoms with E-state index in [0.717, 1.165) is 44.9 Å². The van der Waals surface area contributed by atoms with Gasteiger partial charge in [-0.05, 0) is 64.6 Å². The molecule has 4 fully saturated rings. The maximum Gasteiger partial charge on any atom is 0.321 e. The maximum absolute atomic E-state index is 13.7. The van der Waals surface area contributed by atoms with E-state index in [1.54, 1.807) is 9.80 Å². The van der Waals surface area contributed by atoms with Gasteiger partial charge in [-0.25, -0.2) is 4.79 Å². The Hall–Kier alpha value is -2.16. The minimum atomic E-state index is -0.789. The van der Waals surface area contributed by atoms with Crippen molar-refractivity contribution in [3.8, 4) is 0 Å². The summed E-state index contributed by atoms with van der Waals surface area (Å²) < 4.78 is 5.38. The molecule has 1 aromatic rings. The fraction of sp³-hybridized carbons (Fsp3) is 0.704. The first-order chi connectivity index (χ1) is 16.8. The van der Waals surface area contributed by atoms with Crippen LogP contribution < -0.4 is 0 Å². The molecule has 0 unspecified atom stereocenters. The molecule has 0 bridgehead atoms. The molecule has 0 atom stereocenters. The molecule has 192 valence electrons. The summed E-state index contributed by atoms with van der Waals surface area (Å²) in [6.45, 7) is 3.29. The maximum atomic E-state index is 13.7. The fourth-order valence-electron chi connectivity index (χ4n) is 6.65. The topological polar surface area (TPSA) is 76.6 Å². The number of ether oxygens (including phenoxy) is 1. The summed E-state index contributed by atoms with van der Waals surface area (Å²) in [5.41, 5.74) is 0.100. The number of benzene rings is 1. The Kier molecular flexibility index (Phi) is 6.57. The second-order valence-electron chi connectivity index (χ2n) is 11.3.